The topological polar surface area (TPSA) is 94.5 Å². The first-order valence-electron chi connectivity index (χ1n) is 13.6. The lowest BCUT2D eigenvalue weighted by Crippen LogP contribution is -2.37. The van der Waals surface area contributed by atoms with Gasteiger partial charge in [0.2, 0.25) is 0 Å². The van der Waals surface area contributed by atoms with Crippen molar-refractivity contribution in [2.24, 2.45) is 5.92 Å². The van der Waals surface area contributed by atoms with Crippen molar-refractivity contribution in [3.05, 3.63) is 60.3 Å². The van der Waals surface area contributed by atoms with Gasteiger partial charge in [-0.2, -0.15) is 0 Å². The summed E-state index contributed by atoms with van der Waals surface area (Å²) in [5, 5.41) is 21.7. The summed E-state index contributed by atoms with van der Waals surface area (Å²) >= 11 is 0. The number of carbonyl (C=O) groups is 1. The van der Waals surface area contributed by atoms with Crippen molar-refractivity contribution in [3.8, 4) is 0 Å². The molecule has 2 N–H and O–H groups in total. The van der Waals surface area contributed by atoms with Crippen LogP contribution in [0.1, 0.15) is 58.8 Å². The van der Waals surface area contributed by atoms with E-state index in [0.717, 1.165) is 31.3 Å². The number of aliphatic hydroxyl groups is 2. The highest BCUT2D eigenvalue weighted by Gasteiger charge is 2.42. The fourth-order valence-electron chi connectivity index (χ4n) is 5.62. The number of fused-ring (bicyclic) bond motifs is 4. The molecular formula is C30H42O7. The number of rotatable bonds is 2. The maximum atomic E-state index is 12.7. The Bertz CT molecular complexity index is 919. The standard InChI is InChI=1S/C30H42O7/c1-19-12-13-34-23(15-19)10-11-26-27-18-28(36-26)30(33)25(31)17-21(3)14-20(2)16-24-8-4-6-22(35-24)7-5-9-29(32)37-27/h4-6,9-12,20,22-28,30-31,33H,3,7-8,13-18H2,1-2H3/t20?,22-,23?,24-,25?,26-,27-,28+,30?/m0/s1. The van der Waals surface area contributed by atoms with Crippen LogP contribution in [0.3, 0.4) is 0 Å². The minimum absolute atomic E-state index is 0.0723. The van der Waals surface area contributed by atoms with Gasteiger partial charge in [0.25, 0.3) is 0 Å². The quantitative estimate of drug-likeness (QED) is 0.423. The van der Waals surface area contributed by atoms with Gasteiger partial charge in [-0.3, -0.25) is 0 Å². The van der Waals surface area contributed by atoms with Crippen LogP contribution in [0, 0.1) is 5.92 Å². The van der Waals surface area contributed by atoms with Crippen molar-refractivity contribution in [1.82, 2.24) is 0 Å². The molecule has 4 unspecified atom stereocenters. The van der Waals surface area contributed by atoms with Gasteiger partial charge in [-0.1, -0.05) is 61.1 Å². The summed E-state index contributed by atoms with van der Waals surface area (Å²) in [6.45, 7) is 8.95. The SMILES string of the molecule is C=C1CC(C)C[C@@H]2CC=C[C@@H](CC=CC(=O)O[C@H]3C[C@@H](O[C@H]3C=CC3CC(C)=CCO3)C(O)C(O)C1)O2. The largest absolute Gasteiger partial charge is 0.456 e. The lowest BCUT2D eigenvalue weighted by atomic mass is 9.90. The van der Waals surface area contributed by atoms with E-state index in [0.29, 0.717) is 18.9 Å². The molecule has 4 bridgehead atoms. The zero-order valence-corrected chi connectivity index (χ0v) is 22.0. The molecule has 4 aliphatic rings. The molecule has 0 aromatic heterocycles. The first-order chi connectivity index (χ1) is 17.8. The molecule has 0 aromatic carbocycles. The van der Waals surface area contributed by atoms with Crippen LogP contribution in [0.25, 0.3) is 0 Å². The second-order valence-corrected chi connectivity index (χ2v) is 11.0. The van der Waals surface area contributed by atoms with Crippen molar-refractivity contribution in [2.75, 3.05) is 6.61 Å². The molecule has 7 heteroatoms. The Balaban J connectivity index is 1.49. The third kappa shape index (κ3) is 8.23. The second kappa shape index (κ2) is 13.2. The summed E-state index contributed by atoms with van der Waals surface area (Å²) in [4.78, 5) is 12.7. The second-order valence-electron chi connectivity index (χ2n) is 11.0. The predicted molar refractivity (Wildman–Crippen MR) is 141 cm³/mol. The summed E-state index contributed by atoms with van der Waals surface area (Å²) in [7, 11) is 0. The Morgan fingerprint density at radius 2 is 1.86 bits per heavy atom. The van der Waals surface area contributed by atoms with E-state index >= 15 is 0 Å². The molecule has 0 amide bonds. The van der Waals surface area contributed by atoms with Crippen LogP contribution >= 0.6 is 0 Å². The van der Waals surface area contributed by atoms with E-state index in [4.69, 9.17) is 18.9 Å². The monoisotopic (exact) mass is 514 g/mol. The number of hydrogen-bond donors (Lipinski definition) is 2. The van der Waals surface area contributed by atoms with E-state index in [1.807, 2.05) is 18.2 Å². The molecule has 0 saturated carbocycles. The van der Waals surface area contributed by atoms with Gasteiger partial charge in [-0.15, -0.1) is 0 Å². The van der Waals surface area contributed by atoms with E-state index in [1.165, 1.54) is 11.6 Å². The molecule has 7 nitrogen and oxygen atoms in total. The van der Waals surface area contributed by atoms with Crippen LogP contribution in [-0.2, 0) is 23.7 Å². The molecule has 0 aliphatic carbocycles. The first-order valence-corrected chi connectivity index (χ1v) is 13.6. The molecule has 4 rings (SSSR count). The van der Waals surface area contributed by atoms with E-state index in [2.05, 4.69) is 32.6 Å². The molecule has 0 aromatic rings. The summed E-state index contributed by atoms with van der Waals surface area (Å²) in [5.74, 6) is -0.129. The van der Waals surface area contributed by atoms with Gasteiger partial charge in [0, 0.05) is 12.5 Å². The molecule has 0 radical (unpaired) electrons. The van der Waals surface area contributed by atoms with Crippen LogP contribution < -0.4 is 0 Å². The molecule has 204 valence electrons. The van der Waals surface area contributed by atoms with Crippen molar-refractivity contribution in [3.63, 3.8) is 0 Å². The normalized spacial score (nSPS) is 40.2. The molecule has 4 heterocycles. The number of hydrogen-bond acceptors (Lipinski definition) is 7. The third-order valence-electron chi connectivity index (χ3n) is 7.53. The van der Waals surface area contributed by atoms with Crippen molar-refractivity contribution >= 4 is 5.97 Å². The van der Waals surface area contributed by atoms with E-state index in [1.54, 1.807) is 6.08 Å². The highest BCUT2D eigenvalue weighted by molar-refractivity contribution is 5.82. The minimum Gasteiger partial charge on any atom is -0.456 e. The molecule has 1 fully saturated rings. The Kier molecular flexibility index (Phi) is 9.96. The molecule has 9 atom stereocenters. The lowest BCUT2D eigenvalue weighted by molar-refractivity contribution is -0.144. The van der Waals surface area contributed by atoms with Gasteiger partial charge in [-0.25, -0.2) is 4.79 Å². The van der Waals surface area contributed by atoms with Crippen molar-refractivity contribution in [2.45, 2.75) is 108 Å². The molecule has 37 heavy (non-hydrogen) atoms. The van der Waals surface area contributed by atoms with Gasteiger partial charge >= 0.3 is 5.97 Å². The summed E-state index contributed by atoms with van der Waals surface area (Å²) in [5.41, 5.74) is 2.15. The Hall–Kier alpha value is -2.03. The van der Waals surface area contributed by atoms with Gasteiger partial charge < -0.3 is 29.2 Å². The predicted octanol–water partition coefficient (Wildman–Crippen LogP) is 4.11. The zero-order chi connectivity index (χ0) is 26.4. The first kappa shape index (κ1) is 28.0. The molecule has 0 spiro atoms. The van der Waals surface area contributed by atoms with Gasteiger partial charge in [0.05, 0.1) is 37.1 Å². The highest BCUT2D eigenvalue weighted by atomic mass is 16.6. The van der Waals surface area contributed by atoms with Crippen molar-refractivity contribution < 1.29 is 34.0 Å². The van der Waals surface area contributed by atoms with Crippen LogP contribution in [0.4, 0.5) is 0 Å². The Labute approximate surface area is 220 Å². The maximum absolute atomic E-state index is 12.7. The average Bonchev–Trinajstić information content (AvgIpc) is 3.24. The fraction of sp³-hybridized carbons (Fsp3) is 0.633. The average molecular weight is 515 g/mol. The van der Waals surface area contributed by atoms with Crippen LogP contribution in [0.15, 0.2) is 60.3 Å². The molecule has 1 saturated heterocycles. The van der Waals surface area contributed by atoms with Crippen molar-refractivity contribution in [1.29, 1.82) is 0 Å². The van der Waals surface area contributed by atoms with E-state index in [9.17, 15) is 15.0 Å². The Morgan fingerprint density at radius 1 is 1.03 bits per heavy atom. The summed E-state index contributed by atoms with van der Waals surface area (Å²) < 4.78 is 23.9. The van der Waals surface area contributed by atoms with Crippen LogP contribution in [0.2, 0.25) is 0 Å². The van der Waals surface area contributed by atoms with E-state index < -0.39 is 36.5 Å². The van der Waals surface area contributed by atoms with E-state index in [-0.39, 0.29) is 31.2 Å². The zero-order valence-electron chi connectivity index (χ0n) is 22.0. The lowest BCUT2D eigenvalue weighted by Gasteiger charge is -2.28. The number of ether oxygens (including phenoxy) is 4. The highest BCUT2D eigenvalue weighted by Crippen LogP contribution is 2.31. The minimum atomic E-state index is -1.12. The summed E-state index contributed by atoms with van der Waals surface area (Å²) in [6.07, 6.45) is 13.7. The van der Waals surface area contributed by atoms with Crippen LogP contribution in [0.5, 0.6) is 0 Å². The van der Waals surface area contributed by atoms with Gasteiger partial charge in [0.15, 0.2) is 0 Å². The maximum Gasteiger partial charge on any atom is 0.330 e. The molecule has 4 aliphatic heterocycles. The van der Waals surface area contributed by atoms with Gasteiger partial charge in [0.1, 0.15) is 18.3 Å². The smallest absolute Gasteiger partial charge is 0.330 e. The van der Waals surface area contributed by atoms with Crippen LogP contribution in [-0.4, -0.2) is 71.6 Å². The van der Waals surface area contributed by atoms with Gasteiger partial charge in [-0.05, 0) is 51.4 Å². The number of aliphatic hydroxyl groups excluding tert-OH is 2. The summed E-state index contributed by atoms with van der Waals surface area (Å²) in [6, 6.07) is 0. The number of carbonyl (C=O) groups excluding carboxylic acids is 1. The third-order valence-corrected chi connectivity index (χ3v) is 7.53. The number of esters is 1. The Morgan fingerprint density at radius 3 is 2.68 bits per heavy atom. The molecular weight excluding hydrogens is 472 g/mol. The fourth-order valence-corrected chi connectivity index (χ4v) is 5.62.